The topological polar surface area (TPSA) is 113 Å². The van der Waals surface area contributed by atoms with Gasteiger partial charge < -0.3 is 24.7 Å². The number of likely N-dealkylation sites (tertiary alicyclic amines) is 2. The van der Waals surface area contributed by atoms with Gasteiger partial charge in [0.2, 0.25) is 0 Å². The van der Waals surface area contributed by atoms with Crippen LogP contribution in [-0.4, -0.2) is 89.4 Å². The van der Waals surface area contributed by atoms with Crippen molar-refractivity contribution in [2.45, 2.75) is 88.5 Å². The fourth-order valence-electron chi connectivity index (χ4n) is 7.21. The van der Waals surface area contributed by atoms with Crippen molar-refractivity contribution in [3.8, 4) is 22.4 Å². The first-order valence-corrected chi connectivity index (χ1v) is 20.7. The summed E-state index contributed by atoms with van der Waals surface area (Å²) in [5.41, 5.74) is 4.00. The number of fused-ring (bicyclic) bond motifs is 2. The highest BCUT2D eigenvalue weighted by Crippen LogP contribution is 2.47. The van der Waals surface area contributed by atoms with E-state index in [0.29, 0.717) is 19.6 Å². The van der Waals surface area contributed by atoms with Gasteiger partial charge >= 0.3 is 12.2 Å². The number of benzene rings is 3. The van der Waals surface area contributed by atoms with Gasteiger partial charge in [-0.2, -0.15) is 0 Å². The zero-order chi connectivity index (χ0) is 37.8. The molecule has 5 aromatic rings. The number of amides is 2. The molecule has 53 heavy (non-hydrogen) atoms. The summed E-state index contributed by atoms with van der Waals surface area (Å²) < 4.78 is 12.5. The third-order valence-corrected chi connectivity index (χ3v) is 12.7. The minimum atomic E-state index is -0.600. The van der Waals surface area contributed by atoms with E-state index >= 15 is 0 Å². The van der Waals surface area contributed by atoms with Gasteiger partial charge in [0.15, 0.2) is 5.13 Å². The van der Waals surface area contributed by atoms with Crippen molar-refractivity contribution in [2.24, 2.45) is 0 Å². The number of nitrogens with zero attached hydrogens (tertiary/aromatic N) is 4. The van der Waals surface area contributed by atoms with Crippen molar-refractivity contribution in [3.63, 3.8) is 0 Å². The van der Waals surface area contributed by atoms with Crippen molar-refractivity contribution in [2.75, 3.05) is 31.2 Å². The van der Waals surface area contributed by atoms with Crippen LogP contribution < -0.4 is 5.32 Å². The van der Waals surface area contributed by atoms with Gasteiger partial charge in [-0.1, -0.05) is 41.7 Å². The summed E-state index contributed by atoms with van der Waals surface area (Å²) in [5.74, 6) is 0.767. The molecule has 13 heteroatoms. The number of carbonyl (C=O) groups excluding carboxylic acids is 2. The van der Waals surface area contributed by atoms with Crippen LogP contribution in [0.25, 0.3) is 43.4 Å². The van der Waals surface area contributed by atoms with Gasteiger partial charge in [-0.25, -0.2) is 19.6 Å². The molecular formula is C40H47N6O4S2Si. The number of imidazole rings is 1. The second kappa shape index (κ2) is 14.0. The Bertz CT molecular complexity index is 2170. The lowest BCUT2D eigenvalue weighted by Crippen LogP contribution is -2.53. The number of H-pyrrole nitrogens is 1. The second-order valence-corrected chi connectivity index (χ2v) is 19.0. The van der Waals surface area contributed by atoms with E-state index in [1.165, 1.54) is 0 Å². The number of thioether (sulfide) groups is 1. The van der Waals surface area contributed by atoms with Crippen LogP contribution in [-0.2, 0) is 14.3 Å². The van der Waals surface area contributed by atoms with Crippen LogP contribution in [0, 0.1) is 0 Å². The van der Waals surface area contributed by atoms with E-state index in [9.17, 15) is 9.59 Å². The lowest BCUT2D eigenvalue weighted by atomic mass is 9.99. The summed E-state index contributed by atoms with van der Waals surface area (Å²) in [6, 6.07) is 19.4. The number of rotatable bonds is 7. The average Bonchev–Trinajstić information content (AvgIpc) is 3.90. The SMILES string of the molecule is CSC1(c2ncc(-c3ccc4cc(-c5ccc6nc(NCC7([Si])CCCN7C(=O)OC(C)(C)C)sc6c5)ccc4c3)[nH]2)CCCN1C(=O)OC(C)(C)C. The van der Waals surface area contributed by atoms with Gasteiger partial charge in [0.05, 0.1) is 32.3 Å². The van der Waals surface area contributed by atoms with Crippen LogP contribution in [0.1, 0.15) is 73.1 Å². The molecule has 2 unspecified atom stereocenters. The van der Waals surface area contributed by atoms with Gasteiger partial charge in [0.1, 0.15) is 21.9 Å². The number of carbonyl (C=O) groups is 2. The molecule has 2 aliphatic rings. The maximum absolute atomic E-state index is 13.2. The van der Waals surface area contributed by atoms with E-state index in [1.807, 2.05) is 58.9 Å². The van der Waals surface area contributed by atoms with E-state index < -0.39 is 21.2 Å². The van der Waals surface area contributed by atoms with Crippen LogP contribution in [0.2, 0.25) is 0 Å². The Morgan fingerprint density at radius 1 is 0.887 bits per heavy atom. The van der Waals surface area contributed by atoms with E-state index in [4.69, 9.17) is 19.4 Å². The van der Waals surface area contributed by atoms with Crippen LogP contribution in [0.4, 0.5) is 14.7 Å². The first-order chi connectivity index (χ1) is 25.1. The third-order valence-electron chi connectivity index (χ3n) is 9.74. The lowest BCUT2D eigenvalue weighted by Gasteiger charge is -2.36. The van der Waals surface area contributed by atoms with Gasteiger partial charge in [-0.05, 0) is 120 Å². The highest BCUT2D eigenvalue weighted by atomic mass is 32.2. The van der Waals surface area contributed by atoms with Crippen LogP contribution in [0.3, 0.4) is 0 Å². The van der Waals surface area contributed by atoms with Crippen molar-refractivity contribution in [1.82, 2.24) is 24.8 Å². The Balaban J connectivity index is 1.06. The smallest absolute Gasteiger partial charge is 0.411 e. The first kappa shape index (κ1) is 37.3. The minimum absolute atomic E-state index is 0.306. The van der Waals surface area contributed by atoms with Crippen LogP contribution >= 0.6 is 23.1 Å². The fraction of sp³-hybridized carbons (Fsp3) is 0.450. The Hall–Kier alpha value is -4.07. The normalized spacial score (nSPS) is 20.8. The first-order valence-electron chi connectivity index (χ1n) is 18.1. The predicted molar refractivity (Wildman–Crippen MR) is 217 cm³/mol. The zero-order valence-corrected chi connectivity index (χ0v) is 34.1. The summed E-state index contributed by atoms with van der Waals surface area (Å²) in [6.07, 6.45) is 6.69. The molecular weight excluding hydrogens is 721 g/mol. The highest BCUT2D eigenvalue weighted by molar-refractivity contribution is 7.99. The summed E-state index contributed by atoms with van der Waals surface area (Å²) in [6.45, 7) is 13.1. The highest BCUT2D eigenvalue weighted by Gasteiger charge is 2.48. The number of nitrogens with one attached hydrogen (secondary N) is 2. The molecule has 0 spiro atoms. The number of hydrogen-bond donors (Lipinski definition) is 2. The molecule has 2 fully saturated rings. The Kier molecular flexibility index (Phi) is 9.82. The standard InChI is InChI=1S/C40H47N6O4S2Si/c1-37(2,3)49-35(47)45-18-8-16-39(45,53)24-42-34-44-30-15-14-28(22-32(30)52-34)26-10-11-27-21-29(13-12-25(27)20-26)31-23-41-33(43-31)40(51-7)17-9-19-46(40)36(48)50-38(4,5)6/h10-15,20-23H,8-9,16-19,24H2,1-7H3,(H,41,43)(H,42,44). The number of anilines is 1. The number of ether oxygens (including phenoxy) is 2. The molecule has 2 aliphatic heterocycles. The Morgan fingerprint density at radius 3 is 2.19 bits per heavy atom. The average molecular weight is 768 g/mol. The summed E-state index contributed by atoms with van der Waals surface area (Å²) in [4.78, 5) is 42.3. The van der Waals surface area contributed by atoms with E-state index in [1.54, 1.807) is 28.0 Å². The summed E-state index contributed by atoms with van der Waals surface area (Å²) in [5, 5.41) is 6.02. The molecule has 2 saturated heterocycles. The molecule has 2 amide bonds. The second-order valence-electron chi connectivity index (χ2n) is 16.0. The summed E-state index contributed by atoms with van der Waals surface area (Å²) in [7, 11) is 3.92. The molecule has 2 aromatic heterocycles. The van der Waals surface area contributed by atoms with E-state index in [0.717, 1.165) is 80.0 Å². The maximum Gasteiger partial charge on any atom is 0.411 e. The molecule has 3 radical (unpaired) electrons. The van der Waals surface area contributed by atoms with E-state index in [-0.39, 0.29) is 12.2 Å². The van der Waals surface area contributed by atoms with Crippen molar-refractivity contribution in [1.29, 1.82) is 0 Å². The lowest BCUT2D eigenvalue weighted by molar-refractivity contribution is 0.0177. The summed E-state index contributed by atoms with van der Waals surface area (Å²) >= 11 is 3.23. The van der Waals surface area contributed by atoms with Crippen molar-refractivity contribution in [3.05, 3.63) is 66.6 Å². The monoisotopic (exact) mass is 767 g/mol. The van der Waals surface area contributed by atoms with Gasteiger partial charge in [-0.3, -0.25) is 4.90 Å². The molecule has 0 saturated carbocycles. The quantitative estimate of drug-likeness (QED) is 0.158. The van der Waals surface area contributed by atoms with Gasteiger partial charge in [-0.15, -0.1) is 11.8 Å². The maximum atomic E-state index is 13.2. The number of aromatic nitrogens is 3. The number of hydrogen-bond acceptors (Lipinski definition) is 9. The molecule has 3 aromatic carbocycles. The van der Waals surface area contributed by atoms with Crippen LogP contribution in [0.5, 0.6) is 0 Å². The van der Waals surface area contributed by atoms with Gasteiger partial charge in [0.25, 0.3) is 0 Å². The molecule has 7 rings (SSSR count). The Labute approximate surface area is 322 Å². The molecule has 0 bridgehead atoms. The third kappa shape index (κ3) is 7.65. The molecule has 2 N–H and O–H groups in total. The number of aromatic amines is 1. The molecule has 2 atom stereocenters. The molecule has 10 nitrogen and oxygen atoms in total. The number of thiazole rings is 1. The van der Waals surface area contributed by atoms with Crippen molar-refractivity contribution >= 4 is 71.6 Å². The predicted octanol–water partition coefficient (Wildman–Crippen LogP) is 9.36. The Morgan fingerprint density at radius 2 is 1.49 bits per heavy atom. The largest absolute Gasteiger partial charge is 0.444 e. The molecule has 0 aliphatic carbocycles. The molecule has 4 heterocycles. The zero-order valence-electron chi connectivity index (χ0n) is 31.5. The van der Waals surface area contributed by atoms with Crippen LogP contribution in [0.15, 0.2) is 60.8 Å². The fourth-order valence-corrected chi connectivity index (χ4v) is 9.61. The van der Waals surface area contributed by atoms with Crippen molar-refractivity contribution < 1.29 is 19.1 Å². The van der Waals surface area contributed by atoms with E-state index in [2.05, 4.69) is 75.1 Å². The molecule has 277 valence electrons. The van der Waals surface area contributed by atoms with Gasteiger partial charge in [0, 0.05) is 30.4 Å². The minimum Gasteiger partial charge on any atom is -0.444 e.